The Kier molecular flexibility index (Phi) is 5.47. The van der Waals surface area contributed by atoms with Gasteiger partial charge >= 0.3 is 5.97 Å². The van der Waals surface area contributed by atoms with Gasteiger partial charge in [-0.1, -0.05) is 6.08 Å². The van der Waals surface area contributed by atoms with E-state index in [1.807, 2.05) is 19.9 Å². The fraction of sp³-hybridized carbons (Fsp3) is 0.294. The number of carbonyl (C=O) groups excluding carboxylic acids is 2. The lowest BCUT2D eigenvalue weighted by Crippen LogP contribution is -2.35. The second-order valence-corrected chi connectivity index (χ2v) is 5.33. The number of rotatable bonds is 6. The molecular formula is C17H20N4O3. The highest BCUT2D eigenvalue weighted by Crippen LogP contribution is 2.11. The summed E-state index contributed by atoms with van der Waals surface area (Å²) in [4.78, 5) is 28.0. The largest absolute Gasteiger partial charge is 0.449 e. The highest BCUT2D eigenvalue weighted by Gasteiger charge is 2.18. The van der Waals surface area contributed by atoms with Crippen molar-refractivity contribution in [1.29, 1.82) is 0 Å². The molecule has 0 fully saturated rings. The summed E-state index contributed by atoms with van der Waals surface area (Å²) >= 11 is 0. The van der Waals surface area contributed by atoms with Gasteiger partial charge in [-0.05, 0) is 39.0 Å². The van der Waals surface area contributed by atoms with Crippen molar-refractivity contribution in [2.45, 2.75) is 26.9 Å². The molecule has 1 amide bonds. The minimum atomic E-state index is -0.895. The Labute approximate surface area is 140 Å². The van der Waals surface area contributed by atoms with E-state index in [0.717, 1.165) is 11.4 Å². The molecule has 126 valence electrons. The predicted octanol–water partition coefficient (Wildman–Crippen LogP) is 1.73. The topological polar surface area (TPSA) is 86.1 Å². The van der Waals surface area contributed by atoms with E-state index in [4.69, 9.17) is 4.74 Å². The summed E-state index contributed by atoms with van der Waals surface area (Å²) in [6.07, 6.45) is 2.06. The maximum absolute atomic E-state index is 12.1. The van der Waals surface area contributed by atoms with Crippen molar-refractivity contribution in [3.63, 3.8) is 0 Å². The van der Waals surface area contributed by atoms with Crippen molar-refractivity contribution in [3.05, 3.63) is 54.0 Å². The smallest absolute Gasteiger partial charge is 0.340 e. The number of hydrogen-bond donors (Lipinski definition) is 1. The minimum absolute atomic E-state index is 0.267. The lowest BCUT2D eigenvalue weighted by Gasteiger charge is -2.12. The molecule has 1 unspecified atom stereocenters. The van der Waals surface area contributed by atoms with Gasteiger partial charge in [0.05, 0.1) is 11.3 Å². The van der Waals surface area contributed by atoms with Gasteiger partial charge in [-0.3, -0.25) is 4.79 Å². The summed E-state index contributed by atoms with van der Waals surface area (Å²) in [6, 6.07) is 5.21. The zero-order chi connectivity index (χ0) is 17.7. The van der Waals surface area contributed by atoms with Crippen LogP contribution in [0.2, 0.25) is 0 Å². The molecule has 0 aliphatic carbocycles. The molecule has 0 bridgehead atoms. The van der Waals surface area contributed by atoms with Crippen molar-refractivity contribution >= 4 is 11.9 Å². The molecule has 7 nitrogen and oxygen atoms in total. The van der Waals surface area contributed by atoms with Gasteiger partial charge in [-0.15, -0.1) is 6.58 Å². The van der Waals surface area contributed by atoms with E-state index in [2.05, 4.69) is 22.0 Å². The monoisotopic (exact) mass is 328 g/mol. The van der Waals surface area contributed by atoms with Crippen molar-refractivity contribution in [3.8, 4) is 5.82 Å². The quantitative estimate of drug-likeness (QED) is 0.645. The fourth-order valence-electron chi connectivity index (χ4n) is 2.09. The summed E-state index contributed by atoms with van der Waals surface area (Å²) in [5.74, 6) is -0.381. The molecule has 0 saturated heterocycles. The molecule has 2 aromatic heterocycles. The molecule has 0 aliphatic heterocycles. The molecule has 1 atom stereocenters. The fourth-order valence-corrected chi connectivity index (χ4v) is 2.09. The Morgan fingerprint density at radius 3 is 2.71 bits per heavy atom. The molecule has 24 heavy (non-hydrogen) atoms. The molecule has 1 N–H and O–H groups in total. The maximum Gasteiger partial charge on any atom is 0.340 e. The summed E-state index contributed by atoms with van der Waals surface area (Å²) in [5.41, 5.74) is 2.10. The van der Waals surface area contributed by atoms with Crippen LogP contribution in [0.4, 0.5) is 0 Å². The lowest BCUT2D eigenvalue weighted by molar-refractivity contribution is -0.128. The van der Waals surface area contributed by atoms with E-state index in [0.29, 0.717) is 12.4 Å². The highest BCUT2D eigenvalue weighted by atomic mass is 16.5. The van der Waals surface area contributed by atoms with Gasteiger partial charge in [0, 0.05) is 18.4 Å². The highest BCUT2D eigenvalue weighted by molar-refractivity contribution is 5.92. The molecule has 2 aromatic rings. The second-order valence-electron chi connectivity index (χ2n) is 5.33. The average molecular weight is 328 g/mol. The molecule has 2 heterocycles. The van der Waals surface area contributed by atoms with Crippen LogP contribution < -0.4 is 5.32 Å². The number of nitrogens with zero attached hydrogens (tertiary/aromatic N) is 3. The van der Waals surface area contributed by atoms with E-state index in [-0.39, 0.29) is 11.5 Å². The zero-order valence-electron chi connectivity index (χ0n) is 13.9. The van der Waals surface area contributed by atoms with Crippen LogP contribution in [0.5, 0.6) is 0 Å². The number of amides is 1. The van der Waals surface area contributed by atoms with Gasteiger partial charge < -0.3 is 10.1 Å². The van der Waals surface area contributed by atoms with Crippen LogP contribution in [-0.4, -0.2) is 39.3 Å². The second kappa shape index (κ2) is 7.54. The molecule has 0 radical (unpaired) electrons. The third-order valence-corrected chi connectivity index (χ3v) is 3.28. The van der Waals surface area contributed by atoms with E-state index >= 15 is 0 Å². The molecule has 0 spiro atoms. The summed E-state index contributed by atoms with van der Waals surface area (Å²) in [7, 11) is 0. The Bertz CT molecular complexity index is 750. The number of carbonyl (C=O) groups is 2. The lowest BCUT2D eigenvalue weighted by atomic mass is 10.2. The Balaban J connectivity index is 2.05. The van der Waals surface area contributed by atoms with Crippen LogP contribution in [0.1, 0.15) is 28.7 Å². The maximum atomic E-state index is 12.1. The molecule has 2 rings (SSSR count). The summed E-state index contributed by atoms with van der Waals surface area (Å²) in [5, 5.41) is 6.90. The van der Waals surface area contributed by atoms with Gasteiger partial charge in [0.15, 0.2) is 11.9 Å². The van der Waals surface area contributed by atoms with Crippen LogP contribution in [0.15, 0.2) is 37.1 Å². The number of pyridine rings is 1. The minimum Gasteiger partial charge on any atom is -0.449 e. The first-order valence-electron chi connectivity index (χ1n) is 7.51. The van der Waals surface area contributed by atoms with Crippen LogP contribution in [-0.2, 0) is 9.53 Å². The van der Waals surface area contributed by atoms with Gasteiger partial charge in [-0.25, -0.2) is 14.5 Å². The first-order valence-corrected chi connectivity index (χ1v) is 7.51. The van der Waals surface area contributed by atoms with Crippen LogP contribution in [0.3, 0.4) is 0 Å². The normalized spacial score (nSPS) is 11.6. The first kappa shape index (κ1) is 17.4. The van der Waals surface area contributed by atoms with Gasteiger partial charge in [0.1, 0.15) is 0 Å². The van der Waals surface area contributed by atoms with Gasteiger partial charge in [0.25, 0.3) is 5.91 Å². The van der Waals surface area contributed by atoms with E-state index in [1.54, 1.807) is 22.9 Å². The first-order chi connectivity index (χ1) is 11.4. The molecule has 0 aliphatic rings. The Morgan fingerprint density at radius 1 is 1.42 bits per heavy atom. The summed E-state index contributed by atoms with van der Waals surface area (Å²) < 4.78 is 6.81. The predicted molar refractivity (Wildman–Crippen MR) is 88.9 cm³/mol. The molecule has 7 heteroatoms. The zero-order valence-corrected chi connectivity index (χ0v) is 13.9. The molecule has 0 saturated carbocycles. The number of aromatic nitrogens is 3. The van der Waals surface area contributed by atoms with Gasteiger partial charge in [-0.2, -0.15) is 5.10 Å². The van der Waals surface area contributed by atoms with Crippen molar-refractivity contribution in [2.24, 2.45) is 0 Å². The van der Waals surface area contributed by atoms with E-state index in [9.17, 15) is 9.59 Å². The SMILES string of the molecule is C=CCNC(=O)C(C)OC(=O)c1ccc(-n2nc(C)cc2C)nc1. The third kappa shape index (κ3) is 4.07. The Hall–Kier alpha value is -2.96. The van der Waals surface area contributed by atoms with Gasteiger partial charge in [0.2, 0.25) is 0 Å². The number of esters is 1. The van der Waals surface area contributed by atoms with Crippen LogP contribution in [0.25, 0.3) is 5.82 Å². The van der Waals surface area contributed by atoms with Crippen LogP contribution >= 0.6 is 0 Å². The van der Waals surface area contributed by atoms with Crippen molar-refractivity contribution in [2.75, 3.05) is 6.54 Å². The third-order valence-electron chi connectivity index (χ3n) is 3.28. The van der Waals surface area contributed by atoms with E-state index in [1.165, 1.54) is 13.1 Å². The molecular weight excluding hydrogens is 308 g/mol. The summed E-state index contributed by atoms with van der Waals surface area (Å²) in [6.45, 7) is 9.15. The van der Waals surface area contributed by atoms with Crippen molar-refractivity contribution in [1.82, 2.24) is 20.1 Å². The number of nitrogens with one attached hydrogen (secondary N) is 1. The van der Waals surface area contributed by atoms with E-state index < -0.39 is 12.1 Å². The number of aryl methyl sites for hydroxylation is 2. The number of hydrogen-bond acceptors (Lipinski definition) is 5. The van der Waals surface area contributed by atoms with Crippen molar-refractivity contribution < 1.29 is 14.3 Å². The average Bonchev–Trinajstić information content (AvgIpc) is 2.91. The number of ether oxygens (including phenoxy) is 1. The Morgan fingerprint density at radius 2 is 2.17 bits per heavy atom. The molecule has 0 aromatic carbocycles. The van der Waals surface area contributed by atoms with Crippen LogP contribution in [0, 0.1) is 13.8 Å². The standard InChI is InChI=1S/C17H20N4O3/c1-5-8-18-16(22)13(4)24-17(23)14-6-7-15(19-10-14)21-12(3)9-11(2)20-21/h5-7,9-10,13H,1,8H2,2-4H3,(H,18,22).